The fourth-order valence-electron chi connectivity index (χ4n) is 2.88. The zero-order valence-electron chi connectivity index (χ0n) is 15.8. The van der Waals surface area contributed by atoms with Crippen molar-refractivity contribution in [2.45, 2.75) is 39.2 Å². The lowest BCUT2D eigenvalue weighted by atomic mass is 10.1. The van der Waals surface area contributed by atoms with Crippen molar-refractivity contribution in [3.05, 3.63) is 66.0 Å². The predicted octanol–water partition coefficient (Wildman–Crippen LogP) is 4.17. The normalized spacial score (nSPS) is 11.9. The number of aryl methyl sites for hydroxylation is 1. The van der Waals surface area contributed by atoms with Gasteiger partial charge in [-0.15, -0.1) is 0 Å². The summed E-state index contributed by atoms with van der Waals surface area (Å²) >= 11 is 0. The maximum atomic E-state index is 12.9. The number of carbonyl (C=O) groups excluding carboxylic acids is 1. The molecule has 0 bridgehead atoms. The maximum Gasteiger partial charge on any atom is 0.256 e. The van der Waals surface area contributed by atoms with Gasteiger partial charge in [0.15, 0.2) is 0 Å². The highest BCUT2D eigenvalue weighted by molar-refractivity contribution is 6.00. The summed E-state index contributed by atoms with van der Waals surface area (Å²) in [7, 11) is 0. The van der Waals surface area contributed by atoms with Gasteiger partial charge in [-0.2, -0.15) is 0 Å². The van der Waals surface area contributed by atoms with E-state index in [2.05, 4.69) is 15.3 Å². The zero-order valence-corrected chi connectivity index (χ0v) is 15.8. The van der Waals surface area contributed by atoms with Crippen molar-refractivity contribution in [3.63, 3.8) is 0 Å². The van der Waals surface area contributed by atoms with Crippen LogP contribution in [-0.4, -0.2) is 28.5 Å². The number of para-hydroxylation sites is 1. The number of amides is 1. The highest BCUT2D eigenvalue weighted by Gasteiger charge is 2.17. The van der Waals surface area contributed by atoms with Crippen LogP contribution in [0, 0.1) is 0 Å². The van der Waals surface area contributed by atoms with E-state index in [-0.39, 0.29) is 11.9 Å². The molecular formula is C22H25N3O2. The Balaban J connectivity index is 1.73. The largest absolute Gasteiger partial charge is 0.477 e. The third-order valence-electron chi connectivity index (χ3n) is 4.37. The van der Waals surface area contributed by atoms with Crippen LogP contribution in [0.25, 0.3) is 10.9 Å². The minimum absolute atomic E-state index is 0.0381. The van der Waals surface area contributed by atoms with Crippen molar-refractivity contribution in [2.24, 2.45) is 0 Å². The number of pyridine rings is 2. The fraction of sp³-hybridized carbons (Fsp3) is 0.318. The molecule has 1 N–H and O–H groups in total. The average molecular weight is 363 g/mol. The molecule has 0 spiro atoms. The molecule has 3 aromatic rings. The lowest BCUT2D eigenvalue weighted by molar-refractivity contribution is 0.0933. The standard InChI is InChI=1S/C22H25N3O2/c1-3-14-27-22-19(15-18-6-4-5-7-20(18)25-22)21(26)24-16(2)8-9-17-10-12-23-13-11-17/h4-7,10-13,15-16H,3,8-9,14H2,1-2H3,(H,24,26). The summed E-state index contributed by atoms with van der Waals surface area (Å²) in [6.07, 6.45) is 6.17. The van der Waals surface area contributed by atoms with E-state index in [4.69, 9.17) is 4.74 Å². The third-order valence-corrected chi connectivity index (χ3v) is 4.37. The van der Waals surface area contributed by atoms with E-state index >= 15 is 0 Å². The van der Waals surface area contributed by atoms with Gasteiger partial charge in [0, 0.05) is 23.8 Å². The smallest absolute Gasteiger partial charge is 0.256 e. The van der Waals surface area contributed by atoms with Gasteiger partial charge in [-0.3, -0.25) is 9.78 Å². The minimum Gasteiger partial charge on any atom is -0.477 e. The average Bonchev–Trinajstić information content (AvgIpc) is 2.70. The molecule has 0 fully saturated rings. The molecule has 0 saturated carbocycles. The lowest BCUT2D eigenvalue weighted by Crippen LogP contribution is -2.33. The molecule has 1 amide bonds. The second kappa shape index (κ2) is 9.12. The third kappa shape index (κ3) is 5.03. The van der Waals surface area contributed by atoms with E-state index in [1.165, 1.54) is 5.56 Å². The SMILES string of the molecule is CCCOc1nc2ccccc2cc1C(=O)NC(C)CCc1ccncc1. The number of aromatic nitrogens is 2. The van der Waals surface area contributed by atoms with Crippen LogP contribution >= 0.6 is 0 Å². The summed E-state index contributed by atoms with van der Waals surface area (Å²) in [4.78, 5) is 21.4. The maximum absolute atomic E-state index is 12.9. The molecular weight excluding hydrogens is 338 g/mol. The van der Waals surface area contributed by atoms with Crippen LogP contribution in [0.1, 0.15) is 42.6 Å². The summed E-state index contributed by atoms with van der Waals surface area (Å²) in [6, 6.07) is 13.6. The molecule has 0 radical (unpaired) electrons. The quantitative estimate of drug-likeness (QED) is 0.652. The highest BCUT2D eigenvalue weighted by Crippen LogP contribution is 2.23. The first kappa shape index (κ1) is 18.8. The number of rotatable bonds is 8. The van der Waals surface area contributed by atoms with E-state index in [1.54, 1.807) is 12.4 Å². The zero-order chi connectivity index (χ0) is 19.1. The van der Waals surface area contributed by atoms with Gasteiger partial charge in [0.25, 0.3) is 5.91 Å². The van der Waals surface area contributed by atoms with E-state index in [9.17, 15) is 4.79 Å². The number of hydrogen-bond acceptors (Lipinski definition) is 4. The molecule has 140 valence electrons. The van der Waals surface area contributed by atoms with E-state index in [0.717, 1.165) is 30.2 Å². The topological polar surface area (TPSA) is 64.1 Å². The van der Waals surface area contributed by atoms with Crippen molar-refractivity contribution in [2.75, 3.05) is 6.61 Å². The number of benzene rings is 1. The minimum atomic E-state index is -0.151. The Hall–Kier alpha value is -2.95. The molecule has 1 atom stereocenters. The van der Waals surface area contributed by atoms with Crippen LogP contribution in [-0.2, 0) is 6.42 Å². The molecule has 2 heterocycles. The first-order chi connectivity index (χ1) is 13.2. The number of fused-ring (bicyclic) bond motifs is 1. The monoisotopic (exact) mass is 363 g/mol. The number of carbonyl (C=O) groups is 1. The van der Waals surface area contributed by atoms with Crippen molar-refractivity contribution in [1.29, 1.82) is 0 Å². The Morgan fingerprint density at radius 3 is 2.74 bits per heavy atom. The molecule has 5 heteroatoms. The lowest BCUT2D eigenvalue weighted by Gasteiger charge is -2.16. The summed E-state index contributed by atoms with van der Waals surface area (Å²) in [5.74, 6) is 0.246. The van der Waals surface area contributed by atoms with Gasteiger partial charge in [-0.1, -0.05) is 25.1 Å². The molecule has 0 aliphatic carbocycles. The predicted molar refractivity (Wildman–Crippen MR) is 107 cm³/mol. The molecule has 0 aliphatic heterocycles. The molecule has 0 saturated heterocycles. The first-order valence-electron chi connectivity index (χ1n) is 9.39. The fourth-order valence-corrected chi connectivity index (χ4v) is 2.88. The van der Waals surface area contributed by atoms with Crippen LogP contribution in [0.3, 0.4) is 0 Å². The summed E-state index contributed by atoms with van der Waals surface area (Å²) in [5.41, 5.74) is 2.52. The second-order valence-corrected chi connectivity index (χ2v) is 6.65. The van der Waals surface area contributed by atoms with E-state index < -0.39 is 0 Å². The van der Waals surface area contributed by atoms with Gasteiger partial charge < -0.3 is 10.1 Å². The van der Waals surface area contributed by atoms with Gasteiger partial charge in [0.1, 0.15) is 5.56 Å². The van der Waals surface area contributed by atoms with Gasteiger partial charge >= 0.3 is 0 Å². The number of nitrogens with one attached hydrogen (secondary N) is 1. The summed E-state index contributed by atoms with van der Waals surface area (Å²) < 4.78 is 5.75. The molecule has 5 nitrogen and oxygen atoms in total. The molecule has 0 aliphatic rings. The highest BCUT2D eigenvalue weighted by atomic mass is 16.5. The molecule has 1 aromatic carbocycles. The Kier molecular flexibility index (Phi) is 6.36. The van der Waals surface area contributed by atoms with Crippen LogP contribution in [0.4, 0.5) is 0 Å². The Labute approximate surface area is 159 Å². The van der Waals surface area contributed by atoms with E-state index in [0.29, 0.717) is 18.1 Å². The Morgan fingerprint density at radius 1 is 1.19 bits per heavy atom. The number of hydrogen-bond donors (Lipinski definition) is 1. The summed E-state index contributed by atoms with van der Waals surface area (Å²) in [5, 5.41) is 4.00. The number of nitrogens with zero attached hydrogens (tertiary/aromatic N) is 2. The van der Waals surface area contributed by atoms with Crippen molar-refractivity contribution in [3.8, 4) is 5.88 Å². The van der Waals surface area contributed by atoms with E-state index in [1.807, 2.05) is 56.3 Å². The van der Waals surface area contributed by atoms with Crippen LogP contribution < -0.4 is 10.1 Å². The van der Waals surface area contributed by atoms with Gasteiger partial charge in [0.05, 0.1) is 12.1 Å². The second-order valence-electron chi connectivity index (χ2n) is 6.65. The Morgan fingerprint density at radius 2 is 1.96 bits per heavy atom. The van der Waals surface area contributed by atoms with Crippen LogP contribution in [0.15, 0.2) is 54.9 Å². The first-order valence-corrected chi connectivity index (χ1v) is 9.39. The van der Waals surface area contributed by atoms with Crippen molar-refractivity contribution < 1.29 is 9.53 Å². The van der Waals surface area contributed by atoms with Gasteiger partial charge in [-0.25, -0.2) is 4.98 Å². The van der Waals surface area contributed by atoms with Crippen LogP contribution in [0.5, 0.6) is 5.88 Å². The number of ether oxygens (including phenoxy) is 1. The van der Waals surface area contributed by atoms with Crippen LogP contribution in [0.2, 0.25) is 0 Å². The van der Waals surface area contributed by atoms with Crippen molar-refractivity contribution >= 4 is 16.8 Å². The van der Waals surface area contributed by atoms with Gasteiger partial charge in [0.2, 0.25) is 5.88 Å². The molecule has 27 heavy (non-hydrogen) atoms. The van der Waals surface area contributed by atoms with Crippen molar-refractivity contribution in [1.82, 2.24) is 15.3 Å². The molecule has 2 aromatic heterocycles. The Bertz CT molecular complexity index is 896. The molecule has 3 rings (SSSR count). The summed E-state index contributed by atoms with van der Waals surface area (Å²) in [6.45, 7) is 4.57. The molecule has 1 unspecified atom stereocenters. The van der Waals surface area contributed by atoms with Gasteiger partial charge in [-0.05, 0) is 56.0 Å².